The fraction of sp³-hybridized carbons (Fsp3) is 0.889. The molecule has 1 aliphatic heterocycles. The van der Waals surface area contributed by atoms with Gasteiger partial charge in [-0.05, 0) is 20.3 Å². The molecule has 1 aliphatic rings. The molecule has 1 heterocycles. The SMILES string of the molecule is CC(C)OC(=O)N1CCC(O)CC1I. The Morgan fingerprint density at radius 3 is 2.79 bits per heavy atom. The third-order valence-electron chi connectivity index (χ3n) is 2.08. The maximum absolute atomic E-state index is 11.5. The minimum atomic E-state index is -0.278. The molecule has 2 unspecified atom stereocenters. The van der Waals surface area contributed by atoms with Gasteiger partial charge in [-0.15, -0.1) is 0 Å². The molecule has 0 aromatic rings. The average molecular weight is 313 g/mol. The molecule has 1 rings (SSSR count). The van der Waals surface area contributed by atoms with Gasteiger partial charge >= 0.3 is 6.09 Å². The second kappa shape index (κ2) is 5.16. The Bertz CT molecular complexity index is 210. The van der Waals surface area contributed by atoms with Crippen molar-refractivity contribution in [2.45, 2.75) is 42.9 Å². The summed E-state index contributed by atoms with van der Waals surface area (Å²) in [5, 5.41) is 9.38. The van der Waals surface area contributed by atoms with Crippen molar-refractivity contribution >= 4 is 28.7 Å². The molecular formula is C9H16INO3. The van der Waals surface area contributed by atoms with E-state index in [1.807, 2.05) is 13.8 Å². The van der Waals surface area contributed by atoms with Crippen molar-refractivity contribution in [2.24, 2.45) is 0 Å². The second-order valence-corrected chi connectivity index (χ2v) is 5.18. The minimum absolute atomic E-state index is 0.0441. The van der Waals surface area contributed by atoms with E-state index in [1.165, 1.54) is 0 Å². The topological polar surface area (TPSA) is 49.8 Å². The molecule has 4 nitrogen and oxygen atoms in total. The second-order valence-electron chi connectivity index (χ2n) is 3.74. The number of nitrogens with zero attached hydrogens (tertiary/aromatic N) is 1. The smallest absolute Gasteiger partial charge is 0.410 e. The number of alkyl halides is 1. The van der Waals surface area contributed by atoms with Gasteiger partial charge < -0.3 is 9.84 Å². The number of hydrogen-bond donors (Lipinski definition) is 1. The van der Waals surface area contributed by atoms with Crippen molar-refractivity contribution in [3.8, 4) is 0 Å². The maximum Gasteiger partial charge on any atom is 0.410 e. The zero-order chi connectivity index (χ0) is 10.7. The van der Waals surface area contributed by atoms with Crippen LogP contribution in [0.5, 0.6) is 0 Å². The van der Waals surface area contributed by atoms with Gasteiger partial charge in [0.25, 0.3) is 0 Å². The first-order valence-electron chi connectivity index (χ1n) is 4.80. The number of hydrogen-bond acceptors (Lipinski definition) is 3. The quantitative estimate of drug-likeness (QED) is 0.456. The van der Waals surface area contributed by atoms with Crippen LogP contribution in [0.3, 0.4) is 0 Å². The molecule has 14 heavy (non-hydrogen) atoms. The molecule has 0 aromatic heterocycles. The summed E-state index contributed by atoms with van der Waals surface area (Å²) in [4.78, 5) is 13.2. The number of likely N-dealkylation sites (tertiary alicyclic amines) is 1. The van der Waals surface area contributed by atoms with Crippen molar-refractivity contribution in [1.29, 1.82) is 0 Å². The number of carbonyl (C=O) groups is 1. The summed E-state index contributed by atoms with van der Waals surface area (Å²) in [6, 6.07) is 0. The molecule has 0 aromatic carbocycles. The van der Waals surface area contributed by atoms with Gasteiger partial charge in [0.15, 0.2) is 0 Å². The molecule has 1 N–H and O–H groups in total. The van der Waals surface area contributed by atoms with E-state index in [0.29, 0.717) is 19.4 Å². The summed E-state index contributed by atoms with van der Waals surface area (Å²) < 4.78 is 5.14. The molecule has 5 heteroatoms. The molecule has 2 atom stereocenters. The fourth-order valence-corrected chi connectivity index (χ4v) is 2.47. The highest BCUT2D eigenvalue weighted by molar-refractivity contribution is 14.1. The van der Waals surface area contributed by atoms with Crippen LogP contribution in [-0.2, 0) is 4.74 Å². The van der Waals surface area contributed by atoms with Gasteiger partial charge in [0.05, 0.1) is 16.3 Å². The van der Waals surface area contributed by atoms with Crippen molar-refractivity contribution in [1.82, 2.24) is 4.90 Å². The van der Waals surface area contributed by atoms with E-state index in [2.05, 4.69) is 22.6 Å². The molecule has 1 fully saturated rings. The molecule has 0 aliphatic carbocycles. The van der Waals surface area contributed by atoms with Crippen LogP contribution in [0.15, 0.2) is 0 Å². The van der Waals surface area contributed by atoms with Crippen molar-refractivity contribution in [3.63, 3.8) is 0 Å². The molecule has 0 radical (unpaired) electrons. The van der Waals surface area contributed by atoms with E-state index in [9.17, 15) is 9.90 Å². The van der Waals surface area contributed by atoms with Crippen molar-refractivity contribution < 1.29 is 14.6 Å². The van der Waals surface area contributed by atoms with Crippen LogP contribution in [0, 0.1) is 0 Å². The number of ether oxygens (including phenoxy) is 1. The molecule has 0 spiro atoms. The van der Waals surface area contributed by atoms with E-state index in [4.69, 9.17) is 4.74 Å². The number of piperidine rings is 1. The average Bonchev–Trinajstić information content (AvgIpc) is 2.01. The van der Waals surface area contributed by atoms with Gasteiger partial charge in [0.2, 0.25) is 0 Å². The summed E-state index contributed by atoms with van der Waals surface area (Å²) in [5.74, 6) is 0. The lowest BCUT2D eigenvalue weighted by atomic mass is 10.1. The lowest BCUT2D eigenvalue weighted by Gasteiger charge is -2.34. The summed E-state index contributed by atoms with van der Waals surface area (Å²) >= 11 is 2.16. The third kappa shape index (κ3) is 3.27. The van der Waals surface area contributed by atoms with Gasteiger partial charge in [-0.3, -0.25) is 4.90 Å². The largest absolute Gasteiger partial charge is 0.447 e. The standard InChI is InChI=1S/C9H16INO3/c1-6(2)14-9(13)11-4-3-7(12)5-8(11)10/h6-8,12H,3-5H2,1-2H3. The molecular weight excluding hydrogens is 297 g/mol. The summed E-state index contributed by atoms with van der Waals surface area (Å²) in [7, 11) is 0. The molecule has 1 amide bonds. The summed E-state index contributed by atoms with van der Waals surface area (Å²) in [5.41, 5.74) is 0. The zero-order valence-corrected chi connectivity index (χ0v) is 10.6. The summed E-state index contributed by atoms with van der Waals surface area (Å²) in [6.45, 7) is 4.25. The van der Waals surface area contributed by atoms with Crippen LogP contribution in [0.4, 0.5) is 4.79 Å². The number of aliphatic hydroxyl groups is 1. The van der Waals surface area contributed by atoms with E-state index in [-0.39, 0.29) is 22.3 Å². The Labute approximate surface area is 97.7 Å². The Balaban J connectivity index is 2.47. The Kier molecular flexibility index (Phi) is 4.43. The minimum Gasteiger partial charge on any atom is -0.447 e. The van der Waals surface area contributed by atoms with Crippen LogP contribution >= 0.6 is 22.6 Å². The number of rotatable bonds is 1. The molecule has 1 saturated heterocycles. The van der Waals surface area contributed by atoms with Crippen LogP contribution in [-0.4, -0.2) is 38.9 Å². The van der Waals surface area contributed by atoms with E-state index in [1.54, 1.807) is 4.90 Å². The number of halogens is 1. The van der Waals surface area contributed by atoms with Crippen molar-refractivity contribution in [3.05, 3.63) is 0 Å². The highest BCUT2D eigenvalue weighted by Crippen LogP contribution is 2.23. The lowest BCUT2D eigenvalue weighted by Crippen LogP contribution is -2.45. The Hall–Kier alpha value is -0.0400. The first-order valence-corrected chi connectivity index (χ1v) is 6.04. The van der Waals surface area contributed by atoms with E-state index in [0.717, 1.165) is 0 Å². The molecule has 82 valence electrons. The molecule has 0 saturated carbocycles. The predicted octanol–water partition coefficient (Wildman–Crippen LogP) is 1.75. The number of aliphatic hydroxyl groups excluding tert-OH is 1. The zero-order valence-electron chi connectivity index (χ0n) is 8.44. The monoisotopic (exact) mass is 313 g/mol. The van der Waals surface area contributed by atoms with Gasteiger partial charge in [-0.1, -0.05) is 22.6 Å². The Morgan fingerprint density at radius 2 is 2.29 bits per heavy atom. The van der Waals surface area contributed by atoms with Gasteiger partial charge in [0.1, 0.15) is 0 Å². The molecule has 0 bridgehead atoms. The van der Waals surface area contributed by atoms with Gasteiger partial charge in [0, 0.05) is 13.0 Å². The van der Waals surface area contributed by atoms with Gasteiger partial charge in [-0.2, -0.15) is 0 Å². The van der Waals surface area contributed by atoms with E-state index >= 15 is 0 Å². The van der Waals surface area contributed by atoms with Gasteiger partial charge in [-0.25, -0.2) is 4.79 Å². The Morgan fingerprint density at radius 1 is 1.64 bits per heavy atom. The fourth-order valence-electron chi connectivity index (χ4n) is 1.37. The van der Waals surface area contributed by atoms with Crippen LogP contribution in [0.2, 0.25) is 0 Å². The van der Waals surface area contributed by atoms with E-state index < -0.39 is 0 Å². The predicted molar refractivity (Wildman–Crippen MR) is 61.4 cm³/mol. The highest BCUT2D eigenvalue weighted by Gasteiger charge is 2.30. The third-order valence-corrected chi connectivity index (χ3v) is 3.26. The summed E-state index contributed by atoms with van der Waals surface area (Å²) in [6.07, 6.45) is 0.643. The number of amides is 1. The van der Waals surface area contributed by atoms with Crippen LogP contribution in [0.1, 0.15) is 26.7 Å². The first kappa shape index (κ1) is 12.0. The number of carbonyl (C=O) groups excluding carboxylic acids is 1. The van der Waals surface area contributed by atoms with Crippen LogP contribution in [0.25, 0.3) is 0 Å². The van der Waals surface area contributed by atoms with Crippen LogP contribution < -0.4 is 0 Å². The van der Waals surface area contributed by atoms with Crippen molar-refractivity contribution in [2.75, 3.05) is 6.54 Å². The highest BCUT2D eigenvalue weighted by atomic mass is 127. The maximum atomic E-state index is 11.5. The first-order chi connectivity index (χ1) is 6.50. The normalized spacial score (nSPS) is 27.9. The lowest BCUT2D eigenvalue weighted by molar-refractivity contribution is 0.0418.